The lowest BCUT2D eigenvalue weighted by Gasteiger charge is -2.34. The molecule has 0 saturated carbocycles. The average molecular weight is 238 g/mol. The van der Waals surface area contributed by atoms with E-state index in [4.69, 9.17) is 5.11 Å². The molecule has 5 heteroatoms. The van der Waals surface area contributed by atoms with Crippen LogP contribution in [0.5, 0.6) is 0 Å². The van der Waals surface area contributed by atoms with Gasteiger partial charge in [0.25, 0.3) is 0 Å². The van der Waals surface area contributed by atoms with Gasteiger partial charge in [0.15, 0.2) is 0 Å². The molecule has 0 spiro atoms. The quantitative estimate of drug-likeness (QED) is 0.842. The molecule has 1 fully saturated rings. The maximum atomic E-state index is 13.7. The molecular weight excluding hydrogens is 223 g/mol. The van der Waals surface area contributed by atoms with Crippen molar-refractivity contribution in [2.24, 2.45) is 0 Å². The number of carboxylic acids is 1. The Labute approximate surface area is 99.3 Å². The Kier molecular flexibility index (Phi) is 3.28. The van der Waals surface area contributed by atoms with Gasteiger partial charge in [0.05, 0.1) is 11.3 Å². The molecule has 92 valence electrons. The number of benzene rings is 1. The molecule has 0 unspecified atom stereocenters. The van der Waals surface area contributed by atoms with Gasteiger partial charge in [0.2, 0.25) is 0 Å². The Morgan fingerprint density at radius 2 is 1.94 bits per heavy atom. The molecule has 1 N–H and O–H groups in total. The van der Waals surface area contributed by atoms with E-state index < -0.39 is 5.97 Å². The molecule has 0 bridgehead atoms. The SMILES string of the molecule is CN1CCN(c2cc(C(=O)O)ccc2F)CC1. The van der Waals surface area contributed by atoms with E-state index in [0.717, 1.165) is 26.2 Å². The summed E-state index contributed by atoms with van der Waals surface area (Å²) in [5.74, 6) is -1.39. The maximum Gasteiger partial charge on any atom is 0.335 e. The standard InChI is InChI=1S/C12H15FN2O2/c1-14-4-6-15(7-5-14)11-8-9(12(16)17)2-3-10(11)13/h2-3,8H,4-7H2,1H3,(H,16,17). The number of hydrogen-bond donors (Lipinski definition) is 1. The molecule has 1 aliphatic heterocycles. The molecule has 1 aromatic carbocycles. The van der Waals surface area contributed by atoms with Crippen LogP contribution in [0.25, 0.3) is 0 Å². The number of rotatable bonds is 2. The van der Waals surface area contributed by atoms with Crippen molar-refractivity contribution in [1.82, 2.24) is 4.90 Å². The molecule has 0 aliphatic carbocycles. The molecular formula is C12H15FN2O2. The third kappa shape index (κ3) is 2.55. The van der Waals surface area contributed by atoms with E-state index in [-0.39, 0.29) is 11.4 Å². The normalized spacial score (nSPS) is 17.2. The molecule has 0 amide bonds. The van der Waals surface area contributed by atoms with Gasteiger partial charge in [-0.2, -0.15) is 0 Å². The fourth-order valence-corrected chi connectivity index (χ4v) is 1.94. The van der Waals surface area contributed by atoms with E-state index >= 15 is 0 Å². The van der Waals surface area contributed by atoms with Crippen LogP contribution in [0.3, 0.4) is 0 Å². The van der Waals surface area contributed by atoms with Gasteiger partial charge in [-0.05, 0) is 25.2 Å². The first-order valence-corrected chi connectivity index (χ1v) is 5.54. The molecule has 1 saturated heterocycles. The van der Waals surface area contributed by atoms with E-state index in [1.807, 2.05) is 11.9 Å². The minimum Gasteiger partial charge on any atom is -0.478 e. The first kappa shape index (κ1) is 11.9. The molecule has 0 radical (unpaired) electrons. The van der Waals surface area contributed by atoms with Crippen LogP contribution in [0.1, 0.15) is 10.4 Å². The van der Waals surface area contributed by atoms with E-state index in [1.165, 1.54) is 18.2 Å². The number of aromatic carboxylic acids is 1. The van der Waals surface area contributed by atoms with Crippen molar-refractivity contribution >= 4 is 11.7 Å². The van der Waals surface area contributed by atoms with Gasteiger partial charge in [0, 0.05) is 26.2 Å². The topological polar surface area (TPSA) is 43.8 Å². The monoisotopic (exact) mass is 238 g/mol. The summed E-state index contributed by atoms with van der Waals surface area (Å²) in [5.41, 5.74) is 0.512. The summed E-state index contributed by atoms with van der Waals surface area (Å²) in [6, 6.07) is 3.91. The predicted octanol–water partition coefficient (Wildman–Crippen LogP) is 1.28. The third-order valence-corrected chi connectivity index (χ3v) is 3.04. The van der Waals surface area contributed by atoms with Crippen LogP contribution in [-0.2, 0) is 0 Å². The van der Waals surface area contributed by atoms with E-state index in [2.05, 4.69) is 4.90 Å². The Hall–Kier alpha value is -1.62. The minimum absolute atomic E-state index is 0.125. The smallest absolute Gasteiger partial charge is 0.335 e. The summed E-state index contributed by atoms with van der Waals surface area (Å²) >= 11 is 0. The maximum absolute atomic E-state index is 13.7. The fourth-order valence-electron chi connectivity index (χ4n) is 1.94. The molecule has 4 nitrogen and oxygen atoms in total. The Bertz CT molecular complexity index is 429. The predicted molar refractivity (Wildman–Crippen MR) is 63.1 cm³/mol. The van der Waals surface area contributed by atoms with E-state index in [1.54, 1.807) is 0 Å². The zero-order valence-electron chi connectivity index (χ0n) is 9.69. The number of anilines is 1. The Balaban J connectivity index is 2.25. The third-order valence-electron chi connectivity index (χ3n) is 3.04. The number of piperazine rings is 1. The van der Waals surface area contributed by atoms with Crippen LogP contribution in [0.4, 0.5) is 10.1 Å². The highest BCUT2D eigenvalue weighted by molar-refractivity contribution is 5.88. The lowest BCUT2D eigenvalue weighted by Crippen LogP contribution is -2.44. The number of hydrogen-bond acceptors (Lipinski definition) is 3. The van der Waals surface area contributed by atoms with E-state index in [9.17, 15) is 9.18 Å². The summed E-state index contributed by atoms with van der Waals surface area (Å²) in [6.07, 6.45) is 0. The summed E-state index contributed by atoms with van der Waals surface area (Å²) in [6.45, 7) is 3.15. The first-order chi connectivity index (χ1) is 8.08. The lowest BCUT2D eigenvalue weighted by atomic mass is 10.1. The molecule has 1 heterocycles. The van der Waals surface area contributed by atoms with E-state index in [0.29, 0.717) is 5.69 Å². The van der Waals surface area contributed by atoms with Gasteiger partial charge >= 0.3 is 5.97 Å². The van der Waals surface area contributed by atoms with Crippen LogP contribution in [-0.4, -0.2) is 49.2 Å². The number of nitrogens with zero attached hydrogens (tertiary/aromatic N) is 2. The van der Waals surface area contributed by atoms with Crippen molar-refractivity contribution in [3.05, 3.63) is 29.6 Å². The summed E-state index contributed by atoms with van der Waals surface area (Å²) in [4.78, 5) is 14.9. The Morgan fingerprint density at radius 3 is 2.53 bits per heavy atom. The fraction of sp³-hybridized carbons (Fsp3) is 0.417. The second-order valence-electron chi connectivity index (χ2n) is 4.26. The average Bonchev–Trinajstić information content (AvgIpc) is 2.31. The van der Waals surface area contributed by atoms with Gasteiger partial charge in [-0.15, -0.1) is 0 Å². The summed E-state index contributed by atoms with van der Waals surface area (Å²) in [5, 5.41) is 8.89. The van der Waals surface area contributed by atoms with Gasteiger partial charge < -0.3 is 14.9 Å². The number of carbonyl (C=O) groups is 1. The highest BCUT2D eigenvalue weighted by Gasteiger charge is 2.18. The molecule has 0 aromatic heterocycles. The van der Waals surface area contributed by atoms with Crippen LogP contribution in [0.2, 0.25) is 0 Å². The van der Waals surface area contributed by atoms with Gasteiger partial charge in [0.1, 0.15) is 5.82 Å². The van der Waals surface area contributed by atoms with Gasteiger partial charge in [-0.25, -0.2) is 9.18 Å². The number of carboxylic acid groups (broad SMARTS) is 1. The summed E-state index contributed by atoms with van der Waals surface area (Å²) in [7, 11) is 2.02. The lowest BCUT2D eigenvalue weighted by molar-refractivity contribution is 0.0697. The second-order valence-corrected chi connectivity index (χ2v) is 4.26. The van der Waals surface area contributed by atoms with Crippen molar-refractivity contribution in [2.75, 3.05) is 38.1 Å². The molecule has 0 atom stereocenters. The Morgan fingerprint density at radius 1 is 1.29 bits per heavy atom. The zero-order chi connectivity index (χ0) is 12.4. The summed E-state index contributed by atoms with van der Waals surface area (Å²) < 4.78 is 13.7. The van der Waals surface area contributed by atoms with Crippen LogP contribution >= 0.6 is 0 Å². The zero-order valence-corrected chi connectivity index (χ0v) is 9.69. The number of likely N-dealkylation sites (N-methyl/N-ethyl adjacent to an activating group) is 1. The minimum atomic E-state index is -1.03. The molecule has 17 heavy (non-hydrogen) atoms. The van der Waals surface area contributed by atoms with Crippen molar-refractivity contribution in [3.8, 4) is 0 Å². The van der Waals surface area contributed by atoms with Crippen molar-refractivity contribution in [1.29, 1.82) is 0 Å². The highest BCUT2D eigenvalue weighted by Crippen LogP contribution is 2.22. The molecule has 2 rings (SSSR count). The van der Waals surface area contributed by atoms with Crippen molar-refractivity contribution in [3.63, 3.8) is 0 Å². The highest BCUT2D eigenvalue weighted by atomic mass is 19.1. The van der Waals surface area contributed by atoms with Gasteiger partial charge in [-0.3, -0.25) is 0 Å². The van der Waals surface area contributed by atoms with Crippen molar-refractivity contribution in [2.45, 2.75) is 0 Å². The van der Waals surface area contributed by atoms with Crippen molar-refractivity contribution < 1.29 is 14.3 Å². The molecule has 1 aliphatic rings. The molecule has 1 aromatic rings. The largest absolute Gasteiger partial charge is 0.478 e. The first-order valence-electron chi connectivity index (χ1n) is 5.54. The number of halogens is 1. The van der Waals surface area contributed by atoms with Crippen LogP contribution < -0.4 is 4.90 Å². The second kappa shape index (κ2) is 4.71. The van der Waals surface area contributed by atoms with Gasteiger partial charge in [-0.1, -0.05) is 0 Å². The van der Waals surface area contributed by atoms with Crippen LogP contribution in [0, 0.1) is 5.82 Å². The van der Waals surface area contributed by atoms with Crippen LogP contribution in [0.15, 0.2) is 18.2 Å².